The highest BCUT2D eigenvalue weighted by atomic mass is 127. The van der Waals surface area contributed by atoms with Gasteiger partial charge in [-0.1, -0.05) is 20.8 Å². The lowest BCUT2D eigenvalue weighted by Crippen LogP contribution is -2.59. The first-order chi connectivity index (χ1) is 10.5. The molecule has 1 rings (SSSR count). The van der Waals surface area contributed by atoms with Gasteiger partial charge in [-0.15, -0.1) is 0 Å². The smallest absolute Gasteiger partial charge is 0.370 e. The quantitative estimate of drug-likeness (QED) is 0.203. The molecule has 0 bridgehead atoms. The van der Waals surface area contributed by atoms with Gasteiger partial charge >= 0.3 is 8.80 Å². The second kappa shape index (κ2) is 11.2. The Balaban J connectivity index is 3.34. The van der Waals surface area contributed by atoms with Crippen molar-refractivity contribution in [1.29, 1.82) is 0 Å². The topological polar surface area (TPSA) is 27.7 Å². The van der Waals surface area contributed by atoms with Crippen molar-refractivity contribution < 1.29 is 13.3 Å². The molecule has 0 aliphatic heterocycles. The molecule has 0 fully saturated rings. The summed E-state index contributed by atoms with van der Waals surface area (Å²) in [5.41, 5.74) is 0. The van der Waals surface area contributed by atoms with E-state index < -0.39 is 8.80 Å². The summed E-state index contributed by atoms with van der Waals surface area (Å²) >= 11 is 7.13. The maximum absolute atomic E-state index is 6.27. The number of hydrogen-bond donors (Lipinski definition) is 0. The molecule has 0 aliphatic rings. The van der Waals surface area contributed by atoms with Gasteiger partial charge in [-0.2, -0.15) is 0 Å². The van der Waals surface area contributed by atoms with Crippen LogP contribution in [0.3, 0.4) is 0 Å². The number of rotatable bonds is 10. The Morgan fingerprint density at radius 2 is 1.18 bits per heavy atom. The molecule has 0 atom stereocenters. The van der Waals surface area contributed by atoms with Gasteiger partial charge in [0.1, 0.15) is 0 Å². The van der Waals surface area contributed by atoms with Crippen molar-refractivity contribution in [3.8, 4) is 0 Å². The maximum atomic E-state index is 6.27. The average molecular weight is 660 g/mol. The van der Waals surface area contributed by atoms with E-state index in [-0.39, 0.29) is 0 Å². The van der Waals surface area contributed by atoms with Gasteiger partial charge in [-0.3, -0.25) is 0 Å². The van der Waals surface area contributed by atoms with Crippen LogP contribution in [0.15, 0.2) is 12.1 Å². The Morgan fingerprint density at radius 1 is 0.773 bits per heavy atom. The fourth-order valence-electron chi connectivity index (χ4n) is 1.86. The van der Waals surface area contributed by atoms with Crippen LogP contribution in [0.5, 0.6) is 0 Å². The molecule has 126 valence electrons. The molecule has 0 aromatic heterocycles. The molecule has 0 spiro atoms. The minimum absolute atomic E-state index is 0.664. The molecule has 0 radical (unpaired) electrons. The van der Waals surface area contributed by atoms with Crippen LogP contribution in [0.2, 0.25) is 0 Å². The summed E-state index contributed by atoms with van der Waals surface area (Å²) in [7, 11) is -2.87. The van der Waals surface area contributed by atoms with Crippen molar-refractivity contribution in [3.63, 3.8) is 0 Å². The summed E-state index contributed by atoms with van der Waals surface area (Å²) in [5.74, 6) is 0. The summed E-state index contributed by atoms with van der Waals surface area (Å²) in [6.45, 7) is 8.34. The lowest BCUT2D eigenvalue weighted by Gasteiger charge is -2.31. The third-order valence-corrected chi connectivity index (χ3v) is 10.7. The first-order valence-electron chi connectivity index (χ1n) is 7.58. The van der Waals surface area contributed by atoms with E-state index in [9.17, 15) is 0 Å². The van der Waals surface area contributed by atoms with Gasteiger partial charge in [0.2, 0.25) is 0 Å². The van der Waals surface area contributed by atoms with E-state index in [0.29, 0.717) is 19.8 Å². The summed E-state index contributed by atoms with van der Waals surface area (Å²) in [4.78, 5) is 0. The van der Waals surface area contributed by atoms with Gasteiger partial charge in [0, 0.05) is 30.5 Å². The predicted molar refractivity (Wildman–Crippen MR) is 119 cm³/mol. The van der Waals surface area contributed by atoms with Crippen LogP contribution in [0.25, 0.3) is 0 Å². The summed E-state index contributed by atoms with van der Waals surface area (Å²) in [6.07, 6.45) is 2.87. The van der Waals surface area contributed by atoms with Crippen molar-refractivity contribution in [2.24, 2.45) is 0 Å². The summed E-state index contributed by atoms with van der Waals surface area (Å²) in [5, 5.41) is 1.14. The third-order valence-electron chi connectivity index (χ3n) is 2.84. The summed E-state index contributed by atoms with van der Waals surface area (Å²) < 4.78 is 22.4. The molecule has 3 nitrogen and oxygen atoms in total. The zero-order chi connectivity index (χ0) is 16.6. The molecule has 0 saturated heterocycles. The van der Waals surface area contributed by atoms with E-state index in [2.05, 4.69) is 101 Å². The minimum atomic E-state index is -2.87. The van der Waals surface area contributed by atoms with Crippen LogP contribution in [-0.4, -0.2) is 28.6 Å². The number of benzene rings is 1. The lowest BCUT2D eigenvalue weighted by molar-refractivity contribution is 0.0728. The van der Waals surface area contributed by atoms with E-state index in [1.54, 1.807) is 0 Å². The molecule has 0 N–H and O–H groups in total. The zero-order valence-electron chi connectivity index (χ0n) is 13.3. The minimum Gasteiger partial charge on any atom is -0.370 e. The van der Waals surface area contributed by atoms with Gasteiger partial charge in [-0.25, -0.2) is 0 Å². The zero-order valence-corrected chi connectivity index (χ0v) is 20.7. The Hall–Kier alpha value is 1.51. The fraction of sp³-hybridized carbons (Fsp3) is 0.600. The van der Waals surface area contributed by atoms with Crippen molar-refractivity contribution in [2.45, 2.75) is 40.0 Å². The molecule has 22 heavy (non-hydrogen) atoms. The monoisotopic (exact) mass is 660 g/mol. The van der Waals surface area contributed by atoms with Crippen LogP contribution in [0.4, 0.5) is 0 Å². The van der Waals surface area contributed by atoms with Gasteiger partial charge < -0.3 is 13.3 Å². The molecule has 1 aromatic carbocycles. The largest absolute Gasteiger partial charge is 0.539 e. The van der Waals surface area contributed by atoms with Crippen LogP contribution in [0.1, 0.15) is 40.0 Å². The van der Waals surface area contributed by atoms with E-state index in [1.807, 2.05) is 0 Å². The third kappa shape index (κ3) is 5.79. The Labute approximate surface area is 176 Å². The van der Waals surface area contributed by atoms with E-state index in [1.165, 1.54) is 7.14 Å². The molecule has 0 heterocycles. The van der Waals surface area contributed by atoms with Crippen LogP contribution in [0, 0.1) is 10.7 Å². The molecular weight excluding hydrogens is 637 g/mol. The van der Waals surface area contributed by atoms with Crippen LogP contribution >= 0.6 is 67.8 Å². The van der Waals surface area contributed by atoms with Gasteiger partial charge in [0.05, 0.1) is 5.19 Å². The standard InChI is InChI=1S/C15H23I3O3Si/c1-4-9-19-22(20-10-5-2,21-11-6-3)15-13(17)8-7-12(16)14(15)18/h7-8H,4-6,9-11H2,1-3H3. The van der Waals surface area contributed by atoms with Crippen molar-refractivity contribution in [3.05, 3.63) is 22.8 Å². The highest BCUT2D eigenvalue weighted by Gasteiger charge is 2.47. The predicted octanol–water partition coefficient (Wildman–Crippen LogP) is 4.93. The van der Waals surface area contributed by atoms with E-state index in [0.717, 1.165) is 28.0 Å². The SMILES string of the molecule is CCCO[Si](OCCC)(OCCC)c1c(I)ccc(I)c1I. The second-order valence-corrected chi connectivity index (χ2v) is 10.7. The maximum Gasteiger partial charge on any atom is 0.539 e. The van der Waals surface area contributed by atoms with Crippen molar-refractivity contribution >= 4 is 81.8 Å². The molecule has 0 amide bonds. The summed E-state index contributed by atoms with van der Waals surface area (Å²) in [6, 6.07) is 4.26. The number of hydrogen-bond acceptors (Lipinski definition) is 3. The Bertz CT molecular complexity index is 450. The fourth-order valence-corrected chi connectivity index (χ4v) is 8.86. The number of halogens is 3. The first kappa shape index (κ1) is 21.5. The average Bonchev–Trinajstić information content (AvgIpc) is 2.52. The van der Waals surface area contributed by atoms with Gasteiger partial charge in [-0.05, 0) is 99.2 Å². The lowest BCUT2D eigenvalue weighted by atomic mass is 10.4. The van der Waals surface area contributed by atoms with Crippen LogP contribution in [-0.2, 0) is 13.3 Å². The highest BCUT2D eigenvalue weighted by Crippen LogP contribution is 2.23. The normalized spacial score (nSPS) is 11.9. The molecule has 0 aliphatic carbocycles. The highest BCUT2D eigenvalue weighted by molar-refractivity contribution is 14.1. The molecular formula is C15H23I3O3Si. The van der Waals surface area contributed by atoms with E-state index in [4.69, 9.17) is 13.3 Å². The molecule has 0 saturated carbocycles. The van der Waals surface area contributed by atoms with Crippen molar-refractivity contribution in [1.82, 2.24) is 0 Å². The molecule has 0 unspecified atom stereocenters. The Kier molecular flexibility index (Phi) is 11.0. The Morgan fingerprint density at radius 3 is 1.59 bits per heavy atom. The van der Waals surface area contributed by atoms with Gasteiger partial charge in [0.15, 0.2) is 0 Å². The second-order valence-electron chi connectivity index (χ2n) is 4.82. The van der Waals surface area contributed by atoms with Crippen molar-refractivity contribution in [2.75, 3.05) is 19.8 Å². The first-order valence-corrected chi connectivity index (χ1v) is 12.5. The van der Waals surface area contributed by atoms with E-state index >= 15 is 0 Å². The van der Waals surface area contributed by atoms with Crippen LogP contribution < -0.4 is 5.19 Å². The molecule has 7 heteroatoms. The molecule has 1 aromatic rings. The van der Waals surface area contributed by atoms with Gasteiger partial charge in [0.25, 0.3) is 0 Å².